The lowest BCUT2D eigenvalue weighted by Gasteiger charge is -2.27. The Morgan fingerprint density at radius 2 is 1.28 bits per heavy atom. The first-order chi connectivity index (χ1) is 13.7. The summed E-state index contributed by atoms with van der Waals surface area (Å²) in [7, 11) is 0. The molecule has 0 aliphatic carbocycles. The third kappa shape index (κ3) is 14.1. The molecule has 170 valence electrons. The van der Waals surface area contributed by atoms with Crippen LogP contribution < -0.4 is 0 Å². The molecule has 0 aromatic rings. The minimum atomic E-state index is -1.48. The Morgan fingerprint density at radius 3 is 1.72 bits per heavy atom. The van der Waals surface area contributed by atoms with Gasteiger partial charge in [-0.3, -0.25) is 9.59 Å². The van der Waals surface area contributed by atoms with Gasteiger partial charge in [-0.15, -0.1) is 0 Å². The van der Waals surface area contributed by atoms with Crippen molar-refractivity contribution in [2.75, 3.05) is 0 Å². The van der Waals surface area contributed by atoms with Gasteiger partial charge in [0.05, 0.1) is 0 Å². The predicted molar refractivity (Wildman–Crippen MR) is 114 cm³/mol. The van der Waals surface area contributed by atoms with E-state index in [4.69, 9.17) is 9.47 Å². The molecule has 0 amide bonds. The summed E-state index contributed by atoms with van der Waals surface area (Å²) in [5, 5.41) is 9.47. The Hall–Kier alpha value is -1.59. The average Bonchev–Trinajstić information content (AvgIpc) is 2.62. The molecule has 0 rings (SSSR count). The van der Waals surface area contributed by atoms with Crippen molar-refractivity contribution in [2.24, 2.45) is 11.8 Å². The van der Waals surface area contributed by atoms with Gasteiger partial charge in [-0.1, -0.05) is 86.0 Å². The number of rotatable bonds is 17. The van der Waals surface area contributed by atoms with Gasteiger partial charge in [-0.05, 0) is 18.3 Å². The van der Waals surface area contributed by atoms with Gasteiger partial charge in [-0.25, -0.2) is 4.79 Å². The second kappa shape index (κ2) is 16.2. The fourth-order valence-corrected chi connectivity index (χ4v) is 3.12. The second-order valence-electron chi connectivity index (χ2n) is 8.62. The van der Waals surface area contributed by atoms with Crippen LogP contribution in [0.1, 0.15) is 105 Å². The normalized spacial score (nSPS) is 13.3. The molecule has 0 aliphatic rings. The standard InChI is InChI=1S/C23H42O6/c1-6-7-8-9-10-11-12-13-14-15-19(24)28-21(18(4)5)22(23(26)27)29-20(25)16-17(2)3/h17-18,21-22H,6-16H2,1-5H3,(H,26,27). The Labute approximate surface area is 176 Å². The molecule has 2 unspecified atom stereocenters. The number of esters is 2. The number of carboxylic acids is 1. The lowest BCUT2D eigenvalue weighted by atomic mass is 10.0. The Kier molecular flexibility index (Phi) is 15.3. The summed E-state index contributed by atoms with van der Waals surface area (Å²) in [4.78, 5) is 35.7. The van der Waals surface area contributed by atoms with Gasteiger partial charge in [0, 0.05) is 12.8 Å². The Morgan fingerprint density at radius 1 is 0.759 bits per heavy atom. The number of unbranched alkanes of at least 4 members (excludes halogenated alkanes) is 8. The predicted octanol–water partition coefficient (Wildman–Crippen LogP) is 5.52. The molecule has 1 N–H and O–H groups in total. The van der Waals surface area contributed by atoms with Gasteiger partial charge in [0.1, 0.15) is 0 Å². The van der Waals surface area contributed by atoms with Crippen LogP contribution in [0.25, 0.3) is 0 Å². The highest BCUT2D eigenvalue weighted by Gasteiger charge is 2.37. The van der Waals surface area contributed by atoms with Gasteiger partial charge in [0.15, 0.2) is 6.10 Å². The minimum Gasteiger partial charge on any atom is -0.478 e. The van der Waals surface area contributed by atoms with Crippen LogP contribution in [0.15, 0.2) is 0 Å². The zero-order valence-corrected chi connectivity index (χ0v) is 19.1. The van der Waals surface area contributed by atoms with E-state index in [-0.39, 0.29) is 24.7 Å². The molecule has 2 atom stereocenters. The first kappa shape index (κ1) is 27.4. The molecule has 0 radical (unpaired) electrons. The first-order valence-electron chi connectivity index (χ1n) is 11.3. The fourth-order valence-electron chi connectivity index (χ4n) is 3.12. The molecular formula is C23H42O6. The fraction of sp³-hybridized carbons (Fsp3) is 0.870. The topological polar surface area (TPSA) is 89.9 Å². The second-order valence-corrected chi connectivity index (χ2v) is 8.62. The zero-order valence-electron chi connectivity index (χ0n) is 19.1. The largest absolute Gasteiger partial charge is 0.478 e. The molecule has 0 heterocycles. The van der Waals surface area contributed by atoms with Gasteiger partial charge >= 0.3 is 17.9 Å². The summed E-state index contributed by atoms with van der Waals surface area (Å²) in [6.45, 7) is 9.41. The molecule has 6 nitrogen and oxygen atoms in total. The Balaban J connectivity index is 4.38. The van der Waals surface area contributed by atoms with Crippen molar-refractivity contribution in [3.05, 3.63) is 0 Å². The SMILES string of the molecule is CCCCCCCCCCCC(=O)OC(C(C)C)C(OC(=O)CC(C)C)C(=O)O. The van der Waals surface area contributed by atoms with E-state index in [1.54, 1.807) is 13.8 Å². The maximum absolute atomic E-state index is 12.2. The summed E-state index contributed by atoms with van der Waals surface area (Å²) >= 11 is 0. The van der Waals surface area contributed by atoms with Crippen molar-refractivity contribution in [3.8, 4) is 0 Å². The van der Waals surface area contributed by atoms with Crippen LogP contribution in [0.5, 0.6) is 0 Å². The molecule has 0 fully saturated rings. The molecule has 0 aliphatic heterocycles. The van der Waals surface area contributed by atoms with E-state index in [1.807, 2.05) is 13.8 Å². The molecule has 0 spiro atoms. The highest BCUT2D eigenvalue weighted by atomic mass is 16.6. The van der Waals surface area contributed by atoms with Crippen molar-refractivity contribution < 1.29 is 29.0 Å². The van der Waals surface area contributed by atoms with Gasteiger partial charge in [0.2, 0.25) is 6.10 Å². The van der Waals surface area contributed by atoms with Gasteiger partial charge < -0.3 is 14.6 Å². The lowest BCUT2D eigenvalue weighted by Crippen LogP contribution is -2.44. The molecule has 0 aromatic heterocycles. The number of hydrogen-bond acceptors (Lipinski definition) is 5. The van der Waals surface area contributed by atoms with Crippen molar-refractivity contribution in [1.29, 1.82) is 0 Å². The Bertz CT molecular complexity index is 472. The molecular weight excluding hydrogens is 372 g/mol. The maximum Gasteiger partial charge on any atom is 0.349 e. The molecule has 0 saturated heterocycles. The third-order valence-electron chi connectivity index (χ3n) is 4.78. The zero-order chi connectivity index (χ0) is 22.2. The van der Waals surface area contributed by atoms with Crippen LogP contribution >= 0.6 is 0 Å². The van der Waals surface area contributed by atoms with E-state index < -0.39 is 30.1 Å². The first-order valence-corrected chi connectivity index (χ1v) is 11.3. The summed E-state index contributed by atoms with van der Waals surface area (Å²) in [5.41, 5.74) is 0. The average molecular weight is 415 g/mol. The van der Waals surface area contributed by atoms with Crippen molar-refractivity contribution in [3.63, 3.8) is 0 Å². The van der Waals surface area contributed by atoms with Gasteiger partial charge in [0.25, 0.3) is 0 Å². The number of carbonyl (C=O) groups is 3. The number of aliphatic carboxylic acids is 1. The van der Waals surface area contributed by atoms with Crippen molar-refractivity contribution in [2.45, 2.75) is 117 Å². The van der Waals surface area contributed by atoms with Gasteiger partial charge in [-0.2, -0.15) is 0 Å². The van der Waals surface area contributed by atoms with Crippen LogP contribution in [0.3, 0.4) is 0 Å². The monoisotopic (exact) mass is 414 g/mol. The van der Waals surface area contributed by atoms with E-state index in [0.717, 1.165) is 19.3 Å². The van der Waals surface area contributed by atoms with E-state index in [9.17, 15) is 19.5 Å². The summed E-state index contributed by atoms with van der Waals surface area (Å²) in [5.74, 6) is -2.54. The van der Waals surface area contributed by atoms with Crippen molar-refractivity contribution in [1.82, 2.24) is 0 Å². The van der Waals surface area contributed by atoms with E-state index in [2.05, 4.69) is 6.92 Å². The number of ether oxygens (including phenoxy) is 2. The summed E-state index contributed by atoms with van der Waals surface area (Å²) in [6, 6.07) is 0. The minimum absolute atomic E-state index is 0.0589. The van der Waals surface area contributed by atoms with E-state index in [1.165, 1.54) is 38.5 Å². The number of hydrogen-bond donors (Lipinski definition) is 1. The van der Waals surface area contributed by atoms with Crippen molar-refractivity contribution >= 4 is 17.9 Å². The lowest BCUT2D eigenvalue weighted by molar-refractivity contribution is -0.183. The van der Waals surface area contributed by atoms with Crippen LogP contribution in [0, 0.1) is 11.8 Å². The maximum atomic E-state index is 12.2. The highest BCUT2D eigenvalue weighted by molar-refractivity contribution is 5.79. The molecule has 0 saturated carbocycles. The summed E-state index contributed by atoms with van der Waals surface area (Å²) in [6.07, 6.45) is 8.23. The number of carboxylic acid groups (broad SMARTS) is 1. The molecule has 0 aromatic carbocycles. The van der Waals surface area contributed by atoms with E-state index >= 15 is 0 Å². The van der Waals surface area contributed by atoms with Crippen LogP contribution in [0.4, 0.5) is 0 Å². The third-order valence-corrected chi connectivity index (χ3v) is 4.78. The quantitative estimate of drug-likeness (QED) is 0.249. The molecule has 29 heavy (non-hydrogen) atoms. The molecule has 0 bridgehead atoms. The smallest absolute Gasteiger partial charge is 0.349 e. The number of carbonyl (C=O) groups excluding carboxylic acids is 2. The highest BCUT2D eigenvalue weighted by Crippen LogP contribution is 2.18. The van der Waals surface area contributed by atoms with E-state index in [0.29, 0.717) is 0 Å². The summed E-state index contributed by atoms with van der Waals surface area (Å²) < 4.78 is 10.5. The van der Waals surface area contributed by atoms with Crippen LogP contribution in [-0.2, 0) is 23.9 Å². The van der Waals surface area contributed by atoms with Crippen LogP contribution in [-0.4, -0.2) is 35.2 Å². The van der Waals surface area contributed by atoms with Crippen LogP contribution in [0.2, 0.25) is 0 Å². The molecule has 6 heteroatoms.